The fraction of sp³-hybridized carbons (Fsp3) is 0.194. The first-order valence-corrected chi connectivity index (χ1v) is 13.9. The largest absolute Gasteiger partial charge is 0.493 e. The molecule has 3 aromatic carbocycles. The number of methoxy groups -OCH3 is 2. The van der Waals surface area contributed by atoms with Crippen molar-refractivity contribution in [3.05, 3.63) is 131 Å². The molecule has 2 heterocycles. The van der Waals surface area contributed by atoms with Crippen molar-refractivity contribution in [3.8, 4) is 11.5 Å². The molecule has 214 valence electrons. The van der Waals surface area contributed by atoms with Crippen LogP contribution in [-0.2, 0) is 16.1 Å². The van der Waals surface area contributed by atoms with Crippen molar-refractivity contribution in [2.75, 3.05) is 14.2 Å². The van der Waals surface area contributed by atoms with Gasteiger partial charge in [0.05, 0.1) is 52.6 Å². The quantitative estimate of drug-likeness (QED) is 0.163. The van der Waals surface area contributed by atoms with Gasteiger partial charge in [-0.2, -0.15) is 0 Å². The van der Waals surface area contributed by atoms with Gasteiger partial charge in [-0.05, 0) is 29.7 Å². The van der Waals surface area contributed by atoms with Crippen LogP contribution in [0.3, 0.4) is 0 Å². The summed E-state index contributed by atoms with van der Waals surface area (Å²) in [5, 5.41) is 12.1. The van der Waals surface area contributed by atoms with Crippen molar-refractivity contribution >= 4 is 29.1 Å². The summed E-state index contributed by atoms with van der Waals surface area (Å²) in [4.78, 5) is 43.4. The minimum Gasteiger partial charge on any atom is -0.493 e. The molecule has 0 amide bonds. The molecule has 0 aliphatic carbocycles. The van der Waals surface area contributed by atoms with Crippen LogP contribution in [0.1, 0.15) is 36.1 Å². The monoisotopic (exact) mass is 585 g/mol. The fourth-order valence-electron chi connectivity index (χ4n) is 4.80. The molecule has 0 N–H and O–H groups in total. The molecule has 0 spiro atoms. The Balaban J connectivity index is 1.66. The zero-order chi connectivity index (χ0) is 29.8. The van der Waals surface area contributed by atoms with E-state index in [4.69, 9.17) is 14.2 Å². The van der Waals surface area contributed by atoms with Gasteiger partial charge in [0.25, 0.3) is 11.2 Å². The number of rotatable bonds is 9. The zero-order valence-electron chi connectivity index (χ0n) is 23.1. The lowest BCUT2D eigenvalue weighted by atomic mass is 9.95. The lowest BCUT2D eigenvalue weighted by Crippen LogP contribution is -2.40. The molecule has 0 saturated carbocycles. The summed E-state index contributed by atoms with van der Waals surface area (Å²) < 4.78 is 18.1. The number of nitro groups is 1. The van der Waals surface area contributed by atoms with Crippen LogP contribution < -0.4 is 24.4 Å². The summed E-state index contributed by atoms with van der Waals surface area (Å²) in [6.07, 6.45) is 1.88. The highest BCUT2D eigenvalue weighted by molar-refractivity contribution is 7.07. The van der Waals surface area contributed by atoms with Gasteiger partial charge < -0.3 is 14.2 Å². The maximum Gasteiger partial charge on any atom is 0.338 e. The number of benzene rings is 3. The number of fused-ring (bicyclic) bond motifs is 1. The number of allylic oxidation sites excluding steroid dienone is 1. The molecule has 0 unspecified atom stereocenters. The lowest BCUT2D eigenvalue weighted by molar-refractivity contribution is -0.385. The average molecular weight is 586 g/mol. The molecular weight excluding hydrogens is 558 g/mol. The van der Waals surface area contributed by atoms with Crippen molar-refractivity contribution in [1.82, 2.24) is 4.57 Å². The number of nitrogens with zero attached hydrogens (tertiary/aromatic N) is 3. The Hall–Kier alpha value is -5.03. The summed E-state index contributed by atoms with van der Waals surface area (Å²) >= 11 is 1.09. The molecule has 1 aliphatic heterocycles. The topological polar surface area (TPSA) is 122 Å². The van der Waals surface area contributed by atoms with E-state index in [0.717, 1.165) is 16.9 Å². The number of esters is 1. The number of hydrogen-bond acceptors (Lipinski definition) is 9. The third-order valence-electron chi connectivity index (χ3n) is 6.80. The number of ether oxygens (including phenoxy) is 3. The standard InChI is InChI=1S/C31H27N3O7S/c1-4-22-27(30(36)40-3)28(20-13-9-6-10-14-20)33-29(35)26(42-31(33)32-22)16-21-15-24(39-2)25(17-23(21)34(37)38)41-18-19-11-7-5-8-12-19/h5-17,28H,4,18H2,1-3H3/b26-16-/t28-/m1/s1. The van der Waals surface area contributed by atoms with Gasteiger partial charge in [0, 0.05) is 0 Å². The fourth-order valence-corrected chi connectivity index (χ4v) is 5.81. The maximum atomic E-state index is 13.9. The van der Waals surface area contributed by atoms with Gasteiger partial charge in [-0.15, -0.1) is 0 Å². The summed E-state index contributed by atoms with van der Waals surface area (Å²) in [6.45, 7) is 2.06. The molecule has 11 heteroatoms. The second kappa shape index (κ2) is 12.2. The van der Waals surface area contributed by atoms with Crippen LogP contribution in [-0.4, -0.2) is 29.7 Å². The highest BCUT2D eigenvalue weighted by Crippen LogP contribution is 2.36. The first-order chi connectivity index (χ1) is 20.4. The summed E-state index contributed by atoms with van der Waals surface area (Å²) in [5.74, 6) is -0.102. The first-order valence-electron chi connectivity index (χ1n) is 13.1. The van der Waals surface area contributed by atoms with E-state index in [0.29, 0.717) is 22.5 Å². The Morgan fingerprint density at radius 2 is 1.76 bits per heavy atom. The highest BCUT2D eigenvalue weighted by Gasteiger charge is 2.33. The van der Waals surface area contributed by atoms with Gasteiger partial charge in [0.1, 0.15) is 6.61 Å². The molecule has 0 fully saturated rings. The molecule has 0 radical (unpaired) electrons. The lowest BCUT2D eigenvalue weighted by Gasteiger charge is -2.25. The van der Waals surface area contributed by atoms with Gasteiger partial charge >= 0.3 is 5.97 Å². The Kier molecular flexibility index (Phi) is 8.30. The van der Waals surface area contributed by atoms with E-state index < -0.39 is 22.5 Å². The zero-order valence-corrected chi connectivity index (χ0v) is 23.9. The Bertz CT molecular complexity index is 1860. The molecule has 10 nitrogen and oxygen atoms in total. The van der Waals surface area contributed by atoms with Crippen LogP contribution in [0.4, 0.5) is 5.69 Å². The second-order valence-corrected chi connectivity index (χ2v) is 10.3. The molecule has 1 aromatic heterocycles. The number of thiazole rings is 1. The van der Waals surface area contributed by atoms with E-state index in [1.54, 1.807) is 0 Å². The van der Waals surface area contributed by atoms with Crippen molar-refractivity contribution in [2.45, 2.75) is 26.0 Å². The maximum absolute atomic E-state index is 13.9. The third-order valence-corrected chi connectivity index (χ3v) is 7.78. The van der Waals surface area contributed by atoms with Gasteiger partial charge in [-0.1, -0.05) is 78.9 Å². The second-order valence-electron chi connectivity index (χ2n) is 9.29. The van der Waals surface area contributed by atoms with Crippen LogP contribution in [0, 0.1) is 10.1 Å². The SMILES string of the molecule is CCC1=C(C(=O)OC)[C@@H](c2ccccc2)n2c(s/c(=C\c3cc(OC)c(OCc4ccccc4)cc3[N+](=O)[O-])c2=O)=N1. The molecule has 1 atom stereocenters. The van der Waals surface area contributed by atoms with Gasteiger partial charge in [0.15, 0.2) is 16.3 Å². The van der Waals surface area contributed by atoms with Crippen LogP contribution in [0.15, 0.2) is 93.9 Å². The van der Waals surface area contributed by atoms with Gasteiger partial charge in [-0.25, -0.2) is 9.79 Å². The van der Waals surface area contributed by atoms with Crippen LogP contribution in [0.2, 0.25) is 0 Å². The molecule has 42 heavy (non-hydrogen) atoms. The summed E-state index contributed by atoms with van der Waals surface area (Å²) in [5.41, 5.74) is 1.84. The van der Waals surface area contributed by atoms with Gasteiger partial charge in [-0.3, -0.25) is 19.5 Å². The van der Waals surface area contributed by atoms with Crippen LogP contribution in [0.5, 0.6) is 11.5 Å². The van der Waals surface area contributed by atoms with Crippen LogP contribution >= 0.6 is 11.3 Å². The van der Waals surface area contributed by atoms with Crippen molar-refractivity contribution in [3.63, 3.8) is 0 Å². The molecule has 4 aromatic rings. The van der Waals surface area contributed by atoms with E-state index in [-0.39, 0.29) is 39.5 Å². The molecule has 5 rings (SSSR count). The van der Waals surface area contributed by atoms with Crippen molar-refractivity contribution < 1.29 is 23.9 Å². The van der Waals surface area contributed by atoms with E-state index >= 15 is 0 Å². The molecule has 0 saturated heterocycles. The predicted octanol–water partition coefficient (Wildman–Crippen LogP) is 4.29. The Morgan fingerprint density at radius 3 is 2.38 bits per heavy atom. The average Bonchev–Trinajstić information content (AvgIpc) is 3.33. The minimum atomic E-state index is -0.773. The minimum absolute atomic E-state index is 0.160. The van der Waals surface area contributed by atoms with E-state index in [1.807, 2.05) is 67.6 Å². The van der Waals surface area contributed by atoms with Crippen molar-refractivity contribution in [1.29, 1.82) is 0 Å². The predicted molar refractivity (Wildman–Crippen MR) is 157 cm³/mol. The van der Waals surface area contributed by atoms with Gasteiger partial charge in [0.2, 0.25) is 0 Å². The van der Waals surface area contributed by atoms with Crippen LogP contribution in [0.25, 0.3) is 6.08 Å². The molecular formula is C31H27N3O7S. The smallest absolute Gasteiger partial charge is 0.338 e. The number of carbonyl (C=O) groups is 1. The highest BCUT2D eigenvalue weighted by atomic mass is 32.1. The van der Waals surface area contributed by atoms with Crippen molar-refractivity contribution in [2.24, 2.45) is 4.99 Å². The number of nitro benzene ring substituents is 1. The molecule has 0 bridgehead atoms. The third kappa shape index (κ3) is 5.46. The first kappa shape index (κ1) is 28.5. The summed E-state index contributed by atoms with van der Waals surface area (Å²) in [6, 6.07) is 20.5. The molecule has 1 aliphatic rings. The van der Waals surface area contributed by atoms with E-state index in [9.17, 15) is 19.7 Å². The normalized spacial score (nSPS) is 14.6. The number of carbonyl (C=O) groups excluding carboxylic acids is 1. The number of hydrogen-bond donors (Lipinski definition) is 0. The Labute approximate surface area is 244 Å². The van der Waals surface area contributed by atoms with E-state index in [2.05, 4.69) is 4.99 Å². The number of aromatic nitrogens is 1. The van der Waals surface area contributed by atoms with E-state index in [1.165, 1.54) is 37.0 Å². The summed E-state index contributed by atoms with van der Waals surface area (Å²) in [7, 11) is 2.73. The Morgan fingerprint density at radius 1 is 1.07 bits per heavy atom.